The molecule has 0 radical (unpaired) electrons. The van der Waals surface area contributed by atoms with E-state index in [1.165, 1.54) is 24.8 Å². The van der Waals surface area contributed by atoms with E-state index in [0.29, 0.717) is 12.6 Å². The van der Waals surface area contributed by atoms with Gasteiger partial charge in [0.1, 0.15) is 5.76 Å². The number of benzene rings is 1. The fourth-order valence-electron chi connectivity index (χ4n) is 2.47. The summed E-state index contributed by atoms with van der Waals surface area (Å²) in [4.78, 5) is 4.32. The second kappa shape index (κ2) is 8.63. The molecular formula is C18H26N2O. The molecule has 2 aromatic rings. The summed E-state index contributed by atoms with van der Waals surface area (Å²) in [6.07, 6.45) is 7.65. The molecule has 21 heavy (non-hydrogen) atoms. The minimum absolute atomic E-state index is 0.370. The topological polar surface area (TPSA) is 38.1 Å². The lowest BCUT2D eigenvalue weighted by atomic mass is 10.0. The molecule has 2 rings (SSSR count). The highest BCUT2D eigenvalue weighted by Gasteiger charge is 2.12. The summed E-state index contributed by atoms with van der Waals surface area (Å²) in [5.41, 5.74) is 1.34. The van der Waals surface area contributed by atoms with Crippen LogP contribution in [0.1, 0.15) is 62.8 Å². The third-order valence-electron chi connectivity index (χ3n) is 3.75. The van der Waals surface area contributed by atoms with Gasteiger partial charge in [0.25, 0.3) is 0 Å². The van der Waals surface area contributed by atoms with Crippen LogP contribution < -0.4 is 5.32 Å². The van der Waals surface area contributed by atoms with E-state index in [-0.39, 0.29) is 0 Å². The summed E-state index contributed by atoms with van der Waals surface area (Å²) in [7, 11) is 0. The van der Waals surface area contributed by atoms with Crippen molar-refractivity contribution in [2.45, 2.75) is 58.5 Å². The Morgan fingerprint density at radius 2 is 1.95 bits per heavy atom. The second-order valence-corrected chi connectivity index (χ2v) is 5.41. The Balaban J connectivity index is 1.95. The second-order valence-electron chi connectivity index (χ2n) is 5.41. The molecule has 0 bridgehead atoms. The molecule has 3 heteroatoms. The van der Waals surface area contributed by atoms with Crippen molar-refractivity contribution in [3.8, 4) is 0 Å². The number of unbranched alkanes of at least 4 members (excludes halogenated alkanes) is 2. The first kappa shape index (κ1) is 15.8. The predicted molar refractivity (Wildman–Crippen MR) is 86.0 cm³/mol. The Kier molecular flexibility index (Phi) is 6.48. The Morgan fingerprint density at radius 3 is 2.62 bits per heavy atom. The van der Waals surface area contributed by atoms with Crippen LogP contribution in [0.3, 0.4) is 0 Å². The van der Waals surface area contributed by atoms with E-state index >= 15 is 0 Å². The summed E-state index contributed by atoms with van der Waals surface area (Å²) in [6, 6.07) is 11.0. The molecule has 1 N–H and O–H groups in total. The van der Waals surface area contributed by atoms with E-state index in [4.69, 9.17) is 4.42 Å². The quantitative estimate of drug-likeness (QED) is 0.682. The number of rotatable bonds is 9. The van der Waals surface area contributed by atoms with Crippen molar-refractivity contribution >= 4 is 0 Å². The van der Waals surface area contributed by atoms with Gasteiger partial charge in [-0.2, -0.15) is 0 Å². The zero-order chi connectivity index (χ0) is 14.9. The van der Waals surface area contributed by atoms with Gasteiger partial charge in [-0.25, -0.2) is 4.98 Å². The molecule has 1 unspecified atom stereocenters. The van der Waals surface area contributed by atoms with Crippen molar-refractivity contribution in [3.63, 3.8) is 0 Å². The van der Waals surface area contributed by atoms with Crippen LogP contribution in [0.4, 0.5) is 0 Å². The Hall–Kier alpha value is -1.61. The minimum atomic E-state index is 0.370. The van der Waals surface area contributed by atoms with Crippen molar-refractivity contribution in [3.05, 3.63) is 53.7 Å². The highest BCUT2D eigenvalue weighted by atomic mass is 16.4. The van der Waals surface area contributed by atoms with Crippen LogP contribution in [0, 0.1) is 0 Å². The number of hydrogen-bond acceptors (Lipinski definition) is 3. The van der Waals surface area contributed by atoms with E-state index in [0.717, 1.165) is 24.5 Å². The Bertz CT molecular complexity index is 507. The lowest BCUT2D eigenvalue weighted by Crippen LogP contribution is -2.21. The fraction of sp³-hybridized carbons (Fsp3) is 0.500. The summed E-state index contributed by atoms with van der Waals surface area (Å²) in [5, 5.41) is 3.59. The highest BCUT2D eigenvalue weighted by Crippen LogP contribution is 2.20. The third kappa shape index (κ3) is 5.01. The van der Waals surface area contributed by atoms with Gasteiger partial charge in [-0.05, 0) is 12.0 Å². The van der Waals surface area contributed by atoms with Crippen molar-refractivity contribution in [1.29, 1.82) is 0 Å². The number of nitrogens with zero attached hydrogens (tertiary/aromatic N) is 1. The number of hydrogen-bond donors (Lipinski definition) is 1. The predicted octanol–water partition coefficient (Wildman–Crippen LogP) is 4.65. The van der Waals surface area contributed by atoms with Crippen LogP contribution in [-0.4, -0.2) is 4.98 Å². The molecule has 0 aliphatic rings. The molecule has 0 aliphatic carbocycles. The standard InChI is InChI=1S/C18H26N2O/c1-3-5-7-12-17(15-10-8-6-9-11-15)19-14-18-20-13-16(4-2)21-18/h6,8-11,13,17,19H,3-5,7,12,14H2,1-2H3. The van der Waals surface area contributed by atoms with E-state index in [2.05, 4.69) is 54.5 Å². The van der Waals surface area contributed by atoms with E-state index < -0.39 is 0 Å². The smallest absolute Gasteiger partial charge is 0.208 e. The van der Waals surface area contributed by atoms with Crippen LogP contribution >= 0.6 is 0 Å². The zero-order valence-corrected chi connectivity index (χ0v) is 13.1. The summed E-state index contributed by atoms with van der Waals surface area (Å²) in [6.45, 7) is 5.00. The van der Waals surface area contributed by atoms with Crippen LogP contribution in [0.25, 0.3) is 0 Å². The van der Waals surface area contributed by atoms with Gasteiger partial charge in [0, 0.05) is 12.5 Å². The first-order chi connectivity index (χ1) is 10.3. The normalized spacial score (nSPS) is 12.5. The monoisotopic (exact) mass is 286 g/mol. The van der Waals surface area contributed by atoms with Gasteiger partial charge in [-0.3, -0.25) is 0 Å². The van der Waals surface area contributed by atoms with Crippen molar-refractivity contribution in [2.75, 3.05) is 0 Å². The molecule has 0 saturated carbocycles. The molecule has 0 fully saturated rings. The largest absolute Gasteiger partial charge is 0.444 e. The first-order valence-electron chi connectivity index (χ1n) is 8.05. The molecule has 3 nitrogen and oxygen atoms in total. The number of oxazole rings is 1. The molecule has 0 aliphatic heterocycles. The average Bonchev–Trinajstić information content (AvgIpc) is 2.99. The van der Waals surface area contributed by atoms with Gasteiger partial charge in [0.15, 0.2) is 0 Å². The molecule has 1 atom stereocenters. The Labute approximate surface area is 127 Å². The van der Waals surface area contributed by atoms with Crippen LogP contribution in [0.15, 0.2) is 40.9 Å². The minimum Gasteiger partial charge on any atom is -0.444 e. The SMILES string of the molecule is CCCCCC(NCc1ncc(CC)o1)c1ccccc1. The zero-order valence-electron chi connectivity index (χ0n) is 13.1. The van der Waals surface area contributed by atoms with Gasteiger partial charge in [-0.15, -0.1) is 0 Å². The van der Waals surface area contributed by atoms with E-state index in [1.54, 1.807) is 0 Å². The molecular weight excluding hydrogens is 260 g/mol. The highest BCUT2D eigenvalue weighted by molar-refractivity contribution is 5.18. The van der Waals surface area contributed by atoms with Crippen molar-refractivity contribution in [1.82, 2.24) is 10.3 Å². The molecule has 0 spiro atoms. The molecule has 1 aromatic heterocycles. The summed E-state index contributed by atoms with van der Waals surface area (Å²) < 4.78 is 5.67. The third-order valence-corrected chi connectivity index (χ3v) is 3.75. The van der Waals surface area contributed by atoms with E-state index in [1.807, 2.05) is 6.20 Å². The van der Waals surface area contributed by atoms with Gasteiger partial charge in [0.05, 0.1) is 12.7 Å². The van der Waals surface area contributed by atoms with Gasteiger partial charge >= 0.3 is 0 Å². The maximum absolute atomic E-state index is 5.67. The molecule has 0 amide bonds. The van der Waals surface area contributed by atoms with Crippen LogP contribution in [-0.2, 0) is 13.0 Å². The number of aromatic nitrogens is 1. The average molecular weight is 286 g/mol. The van der Waals surface area contributed by atoms with E-state index in [9.17, 15) is 0 Å². The van der Waals surface area contributed by atoms with Gasteiger partial charge in [-0.1, -0.05) is 63.4 Å². The van der Waals surface area contributed by atoms with Gasteiger partial charge in [0.2, 0.25) is 5.89 Å². The molecule has 1 aromatic carbocycles. The summed E-state index contributed by atoms with van der Waals surface area (Å²) >= 11 is 0. The van der Waals surface area contributed by atoms with Crippen molar-refractivity contribution in [2.24, 2.45) is 0 Å². The number of nitrogens with one attached hydrogen (secondary N) is 1. The number of aryl methyl sites for hydroxylation is 1. The maximum atomic E-state index is 5.67. The van der Waals surface area contributed by atoms with Crippen molar-refractivity contribution < 1.29 is 4.42 Å². The lowest BCUT2D eigenvalue weighted by molar-refractivity contribution is 0.402. The maximum Gasteiger partial charge on any atom is 0.208 e. The fourth-order valence-corrected chi connectivity index (χ4v) is 2.47. The molecule has 1 heterocycles. The molecule has 114 valence electrons. The lowest BCUT2D eigenvalue weighted by Gasteiger charge is -2.18. The molecule has 0 saturated heterocycles. The summed E-state index contributed by atoms with van der Waals surface area (Å²) in [5.74, 6) is 1.73. The Morgan fingerprint density at radius 1 is 1.14 bits per heavy atom. The van der Waals surface area contributed by atoms with Crippen LogP contribution in [0.2, 0.25) is 0 Å². The first-order valence-corrected chi connectivity index (χ1v) is 8.05. The van der Waals surface area contributed by atoms with Gasteiger partial charge < -0.3 is 9.73 Å². The van der Waals surface area contributed by atoms with Crippen LogP contribution in [0.5, 0.6) is 0 Å².